The number of hydrazone groups is 1. The number of urea groups is 1. The first-order valence-electron chi connectivity index (χ1n) is 11.0. The molecule has 186 valence electrons. The van der Waals surface area contributed by atoms with Crippen LogP contribution in [0.25, 0.3) is 0 Å². The van der Waals surface area contributed by atoms with Crippen LogP contribution in [0.1, 0.15) is 26.3 Å². The van der Waals surface area contributed by atoms with Gasteiger partial charge in [0.2, 0.25) is 5.91 Å². The maximum Gasteiger partial charge on any atom is 0.335 e. The molecule has 3 aromatic rings. The van der Waals surface area contributed by atoms with Crippen LogP contribution in [0.5, 0.6) is 0 Å². The van der Waals surface area contributed by atoms with Gasteiger partial charge in [0.15, 0.2) is 5.92 Å². The summed E-state index contributed by atoms with van der Waals surface area (Å²) in [4.78, 5) is 62.8. The van der Waals surface area contributed by atoms with Crippen molar-refractivity contribution >= 4 is 58.9 Å². The molecule has 0 unspecified atom stereocenters. The van der Waals surface area contributed by atoms with Crippen molar-refractivity contribution in [2.24, 2.45) is 11.0 Å². The summed E-state index contributed by atoms with van der Waals surface area (Å²) in [5.74, 6) is -4.03. The first kappa shape index (κ1) is 25.3. The number of anilines is 2. The SMILES string of the molecule is Cc1cccc(C(=O)Nc2ccc(C(=O)N/N=C\[C@@H]3C(=O)NC(=O)N(c4ccc(Cl)cc4)C3=O)cc2)c1. The van der Waals surface area contributed by atoms with Crippen molar-refractivity contribution < 1.29 is 24.0 Å². The third-order valence-corrected chi connectivity index (χ3v) is 5.61. The number of nitrogens with one attached hydrogen (secondary N) is 3. The zero-order chi connectivity index (χ0) is 26.5. The number of rotatable bonds is 6. The highest BCUT2D eigenvalue weighted by Gasteiger charge is 2.40. The molecular weight excluding hydrogens is 498 g/mol. The fourth-order valence-electron chi connectivity index (χ4n) is 3.49. The molecule has 37 heavy (non-hydrogen) atoms. The number of hydrogen-bond donors (Lipinski definition) is 3. The van der Waals surface area contributed by atoms with E-state index in [1.54, 1.807) is 30.3 Å². The highest BCUT2D eigenvalue weighted by Crippen LogP contribution is 2.22. The Bertz CT molecular complexity index is 1420. The molecule has 0 radical (unpaired) electrons. The van der Waals surface area contributed by atoms with Gasteiger partial charge in [0, 0.05) is 28.1 Å². The number of imide groups is 2. The van der Waals surface area contributed by atoms with Crippen molar-refractivity contribution in [1.82, 2.24) is 10.7 Å². The Kier molecular flexibility index (Phi) is 7.40. The normalized spacial score (nSPS) is 15.5. The Labute approximate surface area is 216 Å². The Morgan fingerprint density at radius 2 is 1.65 bits per heavy atom. The van der Waals surface area contributed by atoms with Crippen LogP contribution in [0, 0.1) is 12.8 Å². The second-order valence-electron chi connectivity index (χ2n) is 8.04. The number of nitrogens with zero attached hydrogens (tertiary/aromatic N) is 2. The van der Waals surface area contributed by atoms with Crippen LogP contribution >= 0.6 is 11.6 Å². The number of carbonyl (C=O) groups excluding carboxylic acids is 5. The van der Waals surface area contributed by atoms with Crippen LogP contribution in [0.3, 0.4) is 0 Å². The summed E-state index contributed by atoms with van der Waals surface area (Å²) in [7, 11) is 0. The average Bonchev–Trinajstić information content (AvgIpc) is 2.87. The van der Waals surface area contributed by atoms with Crippen molar-refractivity contribution in [1.29, 1.82) is 0 Å². The number of aryl methyl sites for hydroxylation is 1. The van der Waals surface area contributed by atoms with Crippen LogP contribution in [-0.2, 0) is 9.59 Å². The van der Waals surface area contributed by atoms with Crippen molar-refractivity contribution in [2.75, 3.05) is 10.2 Å². The summed E-state index contributed by atoms with van der Waals surface area (Å²) in [5.41, 5.74) is 4.64. The van der Waals surface area contributed by atoms with Gasteiger partial charge in [-0.25, -0.2) is 15.1 Å². The molecule has 10 nitrogen and oxygen atoms in total. The van der Waals surface area contributed by atoms with Gasteiger partial charge in [-0.3, -0.25) is 24.5 Å². The van der Waals surface area contributed by atoms with E-state index in [1.807, 2.05) is 13.0 Å². The Balaban J connectivity index is 1.38. The first-order chi connectivity index (χ1) is 17.7. The Morgan fingerprint density at radius 1 is 0.946 bits per heavy atom. The van der Waals surface area contributed by atoms with Gasteiger partial charge in [0.05, 0.1) is 5.69 Å². The van der Waals surface area contributed by atoms with E-state index in [2.05, 4.69) is 21.2 Å². The predicted octanol–water partition coefficient (Wildman–Crippen LogP) is 3.52. The lowest BCUT2D eigenvalue weighted by Crippen LogP contribution is -2.58. The van der Waals surface area contributed by atoms with Crippen LogP contribution in [0.2, 0.25) is 5.02 Å². The van der Waals surface area contributed by atoms with Gasteiger partial charge in [0.25, 0.3) is 17.7 Å². The number of benzene rings is 3. The smallest absolute Gasteiger partial charge is 0.322 e. The summed E-state index contributed by atoms with van der Waals surface area (Å²) in [6, 6.07) is 18.2. The molecule has 0 spiro atoms. The van der Waals surface area contributed by atoms with Gasteiger partial charge < -0.3 is 5.32 Å². The molecule has 6 amide bonds. The maximum absolute atomic E-state index is 12.8. The maximum atomic E-state index is 12.8. The monoisotopic (exact) mass is 517 g/mol. The third-order valence-electron chi connectivity index (χ3n) is 5.36. The van der Waals surface area contributed by atoms with E-state index in [-0.39, 0.29) is 17.2 Å². The molecule has 0 bridgehead atoms. The zero-order valence-corrected chi connectivity index (χ0v) is 20.2. The Morgan fingerprint density at radius 3 is 2.32 bits per heavy atom. The van der Waals surface area contributed by atoms with Crippen molar-refractivity contribution in [3.63, 3.8) is 0 Å². The number of halogens is 1. The van der Waals surface area contributed by atoms with Crippen molar-refractivity contribution in [3.05, 3.63) is 94.5 Å². The van der Waals surface area contributed by atoms with Gasteiger partial charge in [0.1, 0.15) is 0 Å². The molecule has 1 aliphatic rings. The lowest BCUT2D eigenvalue weighted by Gasteiger charge is -2.28. The van der Waals surface area contributed by atoms with Gasteiger partial charge in [-0.2, -0.15) is 5.10 Å². The van der Waals surface area contributed by atoms with Crippen LogP contribution in [-0.4, -0.2) is 35.9 Å². The lowest BCUT2D eigenvalue weighted by atomic mass is 10.1. The van der Waals surface area contributed by atoms with E-state index in [0.717, 1.165) is 16.7 Å². The summed E-state index contributed by atoms with van der Waals surface area (Å²) in [5, 5.41) is 8.97. The number of carbonyl (C=O) groups is 5. The average molecular weight is 518 g/mol. The fourth-order valence-corrected chi connectivity index (χ4v) is 3.61. The minimum absolute atomic E-state index is 0.219. The molecule has 1 fully saturated rings. The van der Waals surface area contributed by atoms with Crippen LogP contribution in [0.4, 0.5) is 16.2 Å². The fraction of sp³-hybridized carbons (Fsp3) is 0.0769. The molecule has 1 atom stereocenters. The molecule has 3 aromatic carbocycles. The second-order valence-corrected chi connectivity index (χ2v) is 8.48. The van der Waals surface area contributed by atoms with Gasteiger partial charge in [-0.1, -0.05) is 29.3 Å². The molecule has 0 aromatic heterocycles. The minimum atomic E-state index is -1.44. The number of hydrogen-bond acceptors (Lipinski definition) is 6. The highest BCUT2D eigenvalue weighted by molar-refractivity contribution is 6.33. The molecular formula is C26H20ClN5O5. The first-order valence-corrected chi connectivity index (χ1v) is 11.4. The minimum Gasteiger partial charge on any atom is -0.322 e. The van der Waals surface area contributed by atoms with E-state index in [4.69, 9.17) is 11.6 Å². The topological polar surface area (TPSA) is 137 Å². The summed E-state index contributed by atoms with van der Waals surface area (Å²) in [6.07, 6.45) is 0.946. The zero-order valence-electron chi connectivity index (χ0n) is 19.4. The van der Waals surface area contributed by atoms with E-state index < -0.39 is 29.7 Å². The highest BCUT2D eigenvalue weighted by atomic mass is 35.5. The molecule has 4 rings (SSSR count). The van der Waals surface area contributed by atoms with Gasteiger partial charge >= 0.3 is 6.03 Å². The van der Waals surface area contributed by atoms with Crippen molar-refractivity contribution in [2.45, 2.75) is 6.92 Å². The lowest BCUT2D eigenvalue weighted by molar-refractivity contribution is -0.131. The van der Waals surface area contributed by atoms with E-state index in [9.17, 15) is 24.0 Å². The second kappa shape index (κ2) is 10.8. The molecule has 0 aliphatic carbocycles. The summed E-state index contributed by atoms with van der Waals surface area (Å²) < 4.78 is 0. The third kappa shape index (κ3) is 5.88. The van der Waals surface area contributed by atoms with Crippen LogP contribution < -0.4 is 21.0 Å². The van der Waals surface area contributed by atoms with Gasteiger partial charge in [-0.15, -0.1) is 0 Å². The molecule has 1 heterocycles. The van der Waals surface area contributed by atoms with Crippen molar-refractivity contribution in [3.8, 4) is 0 Å². The Hall–Kier alpha value is -4.83. The number of barbiturate groups is 1. The standard InChI is InChI=1S/C26H20ClN5O5/c1-15-3-2-4-17(13-15)22(33)29-19-9-5-16(6-10-19)23(34)31-28-14-21-24(35)30-26(37)32(25(21)36)20-11-7-18(27)8-12-20/h2-14,21H,1H3,(H,29,33)(H,31,34)(H,30,35,37)/b28-14-/t21-/m1/s1. The molecule has 1 saturated heterocycles. The number of amides is 6. The molecule has 3 N–H and O–H groups in total. The van der Waals surface area contributed by atoms with E-state index in [0.29, 0.717) is 16.3 Å². The summed E-state index contributed by atoms with van der Waals surface area (Å²) >= 11 is 5.85. The molecule has 0 saturated carbocycles. The largest absolute Gasteiger partial charge is 0.335 e. The predicted molar refractivity (Wildman–Crippen MR) is 137 cm³/mol. The molecule has 1 aliphatic heterocycles. The van der Waals surface area contributed by atoms with Gasteiger partial charge in [-0.05, 0) is 67.6 Å². The van der Waals surface area contributed by atoms with Crippen LogP contribution in [0.15, 0.2) is 77.9 Å². The quantitative estimate of drug-likeness (QED) is 0.261. The van der Waals surface area contributed by atoms with E-state index >= 15 is 0 Å². The molecule has 11 heteroatoms. The van der Waals surface area contributed by atoms with E-state index in [1.165, 1.54) is 36.4 Å². The summed E-state index contributed by atoms with van der Waals surface area (Å²) in [6.45, 7) is 1.89.